The Morgan fingerprint density at radius 3 is 1.02 bits per heavy atom. The molecule has 0 aliphatic heterocycles. The van der Waals surface area contributed by atoms with Crippen LogP contribution in [0.4, 0.5) is 0 Å². The Labute approximate surface area is 322 Å². The molecule has 53 heavy (non-hydrogen) atoms. The summed E-state index contributed by atoms with van der Waals surface area (Å²) < 4.78 is 5.72. The molecule has 0 aliphatic rings. The van der Waals surface area contributed by atoms with Crippen molar-refractivity contribution in [2.75, 3.05) is 0 Å². The summed E-state index contributed by atoms with van der Waals surface area (Å²) in [5.74, 6) is 0.914. The summed E-state index contributed by atoms with van der Waals surface area (Å²) in [7, 11) is 0. The zero-order valence-corrected chi connectivity index (χ0v) is 33.8. The lowest BCUT2D eigenvalue weighted by molar-refractivity contribution is 0.306. The summed E-state index contributed by atoms with van der Waals surface area (Å²) in [5.41, 5.74) is 11.6. The molecule has 0 aliphatic carbocycles. The average molecular weight is 703 g/mol. The van der Waals surface area contributed by atoms with Gasteiger partial charge >= 0.3 is 0 Å². The molecule has 0 saturated carbocycles. The van der Waals surface area contributed by atoms with Crippen molar-refractivity contribution in [1.82, 2.24) is 0 Å². The number of hydrogen-bond acceptors (Lipinski definition) is 1. The van der Waals surface area contributed by atoms with Crippen LogP contribution in [0.2, 0.25) is 0 Å². The van der Waals surface area contributed by atoms with Gasteiger partial charge in [-0.2, -0.15) is 0 Å². The second-order valence-corrected chi connectivity index (χ2v) is 17.1. The Morgan fingerprint density at radius 2 is 0.623 bits per heavy atom. The summed E-state index contributed by atoms with van der Waals surface area (Å²) in [5, 5.41) is 0. The van der Waals surface area contributed by atoms with Crippen molar-refractivity contribution in [3.8, 4) is 5.75 Å². The molecule has 0 amide bonds. The van der Waals surface area contributed by atoms with E-state index in [0.29, 0.717) is 6.61 Å². The fourth-order valence-corrected chi connectivity index (χ4v) is 5.84. The molecular formula is C52H62O. The Bertz CT molecular complexity index is 1770. The van der Waals surface area contributed by atoms with Crippen LogP contribution >= 0.6 is 0 Å². The molecule has 6 aromatic carbocycles. The first-order valence-electron chi connectivity index (χ1n) is 19.2. The maximum Gasteiger partial charge on any atom is 0.119 e. The summed E-state index contributed by atoms with van der Waals surface area (Å²) in [6.45, 7) is 20.8. The number of hydrogen-bond donors (Lipinski definition) is 0. The molecule has 0 unspecified atom stereocenters. The van der Waals surface area contributed by atoms with Crippen LogP contribution in [0.25, 0.3) is 0 Å². The SMILES string of the molecule is CC(C)(C)c1ccc(CCc2ccccc2)cc1.CC(C)(C)c1ccc(COc2ccccc2)cc1.CC(C)(C)c1ccc(Cc2ccccc2)cc1. The predicted octanol–water partition coefficient (Wildman–Crippen LogP) is 13.9. The van der Waals surface area contributed by atoms with Gasteiger partial charge < -0.3 is 4.74 Å². The highest BCUT2D eigenvalue weighted by molar-refractivity contribution is 5.32. The number of rotatable bonds is 8. The van der Waals surface area contributed by atoms with Gasteiger partial charge in [0.15, 0.2) is 0 Å². The van der Waals surface area contributed by atoms with Crippen molar-refractivity contribution in [3.63, 3.8) is 0 Å². The summed E-state index contributed by atoms with van der Waals surface area (Å²) >= 11 is 0. The minimum Gasteiger partial charge on any atom is -0.489 e. The molecule has 1 heteroatoms. The second-order valence-electron chi connectivity index (χ2n) is 17.1. The van der Waals surface area contributed by atoms with E-state index in [1.54, 1.807) is 0 Å². The Kier molecular flexibility index (Phi) is 14.9. The molecule has 0 aromatic heterocycles. The Balaban J connectivity index is 0.000000178. The van der Waals surface area contributed by atoms with Crippen molar-refractivity contribution >= 4 is 0 Å². The largest absolute Gasteiger partial charge is 0.489 e. The quantitative estimate of drug-likeness (QED) is 0.153. The predicted molar refractivity (Wildman–Crippen MR) is 229 cm³/mol. The summed E-state index contributed by atoms with van der Waals surface area (Å²) in [4.78, 5) is 0. The van der Waals surface area contributed by atoms with Gasteiger partial charge in [-0.05, 0) is 92.1 Å². The number of benzene rings is 6. The van der Waals surface area contributed by atoms with Crippen molar-refractivity contribution in [2.24, 2.45) is 0 Å². The van der Waals surface area contributed by atoms with Crippen LogP contribution in [0.3, 0.4) is 0 Å². The standard InChI is InChI=1S/C18H22.C17H20O.C17H20/c1-18(2,3)17-13-11-16(12-14-17)10-9-15-7-5-4-6-8-15;1-17(2,3)15-11-9-14(10-12-15)13-18-16-7-5-4-6-8-16;1-17(2,3)16-11-9-15(10-12-16)13-14-7-5-4-6-8-14/h4-8,11-14H,9-10H2,1-3H3;4-12H,13H2,1-3H3;4-12H,13H2,1-3H3. The van der Waals surface area contributed by atoms with Crippen LogP contribution in [-0.2, 0) is 42.1 Å². The molecule has 276 valence electrons. The fourth-order valence-electron chi connectivity index (χ4n) is 5.84. The van der Waals surface area contributed by atoms with E-state index in [1.807, 2.05) is 30.3 Å². The average Bonchev–Trinajstić information content (AvgIpc) is 3.14. The molecular weight excluding hydrogens is 641 g/mol. The van der Waals surface area contributed by atoms with E-state index < -0.39 is 0 Å². The molecule has 0 bridgehead atoms. The molecule has 0 heterocycles. The molecule has 0 radical (unpaired) electrons. The van der Waals surface area contributed by atoms with Crippen molar-refractivity contribution in [1.29, 1.82) is 0 Å². The van der Waals surface area contributed by atoms with Gasteiger partial charge in [0, 0.05) is 0 Å². The lowest BCUT2D eigenvalue weighted by atomic mass is 9.86. The molecule has 0 spiro atoms. The number of aryl methyl sites for hydroxylation is 2. The maximum absolute atomic E-state index is 5.72. The first-order valence-corrected chi connectivity index (χ1v) is 19.2. The van der Waals surface area contributed by atoms with Crippen LogP contribution in [0.15, 0.2) is 164 Å². The highest BCUT2D eigenvalue weighted by atomic mass is 16.5. The molecule has 6 aromatic rings. The van der Waals surface area contributed by atoms with Crippen LogP contribution in [-0.4, -0.2) is 0 Å². The van der Waals surface area contributed by atoms with E-state index in [-0.39, 0.29) is 16.2 Å². The molecule has 1 nitrogen and oxygen atoms in total. The van der Waals surface area contributed by atoms with Crippen molar-refractivity contribution in [2.45, 2.75) is 104 Å². The van der Waals surface area contributed by atoms with Crippen LogP contribution in [0.1, 0.15) is 107 Å². The highest BCUT2D eigenvalue weighted by Gasteiger charge is 2.14. The van der Waals surface area contributed by atoms with Gasteiger partial charge in [0.1, 0.15) is 12.4 Å². The normalized spacial score (nSPS) is 11.4. The van der Waals surface area contributed by atoms with Gasteiger partial charge in [-0.1, -0.05) is 214 Å². The second kappa shape index (κ2) is 19.3. The smallest absolute Gasteiger partial charge is 0.119 e. The molecule has 0 saturated heterocycles. The van der Waals surface area contributed by atoms with Gasteiger partial charge in [-0.3, -0.25) is 0 Å². The van der Waals surface area contributed by atoms with Crippen LogP contribution in [0, 0.1) is 0 Å². The first kappa shape index (κ1) is 40.9. The zero-order chi connectivity index (χ0) is 38.3. The number of para-hydroxylation sites is 1. The summed E-state index contributed by atoms with van der Waals surface area (Å²) in [6.07, 6.45) is 3.26. The van der Waals surface area contributed by atoms with Crippen LogP contribution < -0.4 is 4.74 Å². The minimum absolute atomic E-state index is 0.207. The van der Waals surface area contributed by atoms with Gasteiger partial charge in [-0.25, -0.2) is 0 Å². The van der Waals surface area contributed by atoms with E-state index in [2.05, 4.69) is 196 Å². The fraction of sp³-hybridized carbons (Fsp3) is 0.308. The van der Waals surface area contributed by atoms with E-state index in [4.69, 9.17) is 4.74 Å². The van der Waals surface area contributed by atoms with E-state index >= 15 is 0 Å². The third kappa shape index (κ3) is 14.6. The topological polar surface area (TPSA) is 9.23 Å². The number of ether oxygens (including phenoxy) is 1. The van der Waals surface area contributed by atoms with Gasteiger partial charge in [0.2, 0.25) is 0 Å². The monoisotopic (exact) mass is 702 g/mol. The third-order valence-electron chi connectivity index (χ3n) is 9.40. The molecule has 0 atom stereocenters. The zero-order valence-electron chi connectivity index (χ0n) is 33.8. The van der Waals surface area contributed by atoms with Crippen LogP contribution in [0.5, 0.6) is 5.75 Å². The van der Waals surface area contributed by atoms with Crippen molar-refractivity contribution in [3.05, 3.63) is 208 Å². The Hall–Kier alpha value is -4.88. The molecule has 0 N–H and O–H groups in total. The van der Waals surface area contributed by atoms with E-state index in [0.717, 1.165) is 25.0 Å². The van der Waals surface area contributed by atoms with E-state index in [9.17, 15) is 0 Å². The first-order chi connectivity index (χ1) is 25.2. The third-order valence-corrected chi connectivity index (χ3v) is 9.40. The Morgan fingerprint density at radius 1 is 0.321 bits per heavy atom. The minimum atomic E-state index is 0.207. The van der Waals surface area contributed by atoms with Gasteiger partial charge in [0.25, 0.3) is 0 Å². The highest BCUT2D eigenvalue weighted by Crippen LogP contribution is 2.25. The molecule has 0 fully saturated rings. The van der Waals surface area contributed by atoms with Gasteiger partial charge in [-0.15, -0.1) is 0 Å². The van der Waals surface area contributed by atoms with Crippen molar-refractivity contribution < 1.29 is 4.74 Å². The summed E-state index contributed by atoms with van der Waals surface area (Å²) in [6, 6.07) is 57.9. The lowest BCUT2D eigenvalue weighted by Crippen LogP contribution is -2.10. The maximum atomic E-state index is 5.72. The van der Waals surface area contributed by atoms with Gasteiger partial charge in [0.05, 0.1) is 0 Å². The molecule has 6 rings (SSSR count). The van der Waals surface area contributed by atoms with E-state index in [1.165, 1.54) is 44.5 Å². The lowest BCUT2D eigenvalue weighted by Gasteiger charge is -2.19.